The van der Waals surface area contributed by atoms with Crippen molar-refractivity contribution in [3.05, 3.63) is 0 Å². The van der Waals surface area contributed by atoms with E-state index in [4.69, 9.17) is 4.74 Å². The third kappa shape index (κ3) is 4.70. The average molecular weight is 310 g/mol. The van der Waals surface area contributed by atoms with E-state index in [0.717, 1.165) is 44.7 Å². The number of ketones is 1. The Kier molecular flexibility index (Phi) is 5.48. The maximum absolute atomic E-state index is 12.6. The fourth-order valence-electron chi connectivity index (χ4n) is 3.19. The summed E-state index contributed by atoms with van der Waals surface area (Å²) in [5.74, 6) is 0.925. The number of hydrogen-bond donors (Lipinski definition) is 0. The normalized spacial score (nSPS) is 24.5. The molecule has 2 heterocycles. The second kappa shape index (κ2) is 6.99. The number of ether oxygens (including phenoxy) is 1. The largest absolute Gasteiger partial charge is 0.444 e. The van der Waals surface area contributed by atoms with Gasteiger partial charge < -0.3 is 4.74 Å². The zero-order valence-electron chi connectivity index (χ0n) is 14.4. The van der Waals surface area contributed by atoms with Gasteiger partial charge in [0.2, 0.25) is 0 Å². The molecule has 126 valence electrons. The molecule has 5 nitrogen and oxygen atoms in total. The maximum Gasteiger partial charge on any atom is 0.410 e. The lowest BCUT2D eigenvalue weighted by Crippen LogP contribution is -2.47. The molecule has 5 heteroatoms. The standard InChI is InChI=1S/C17H30N2O3/c1-13-7-10-18(11-8-13)12-15(20)14-6-5-9-19(14)16(21)22-17(2,3)4/h13-14H,5-12H2,1-4H3/t14-/m0/s1. The van der Waals surface area contributed by atoms with Gasteiger partial charge in [-0.25, -0.2) is 4.79 Å². The molecule has 2 rings (SSSR count). The van der Waals surface area contributed by atoms with E-state index in [1.807, 2.05) is 20.8 Å². The molecule has 2 aliphatic rings. The Balaban J connectivity index is 1.89. The Morgan fingerprint density at radius 1 is 1.09 bits per heavy atom. The highest BCUT2D eigenvalue weighted by molar-refractivity contribution is 5.89. The minimum absolute atomic E-state index is 0.165. The Hall–Kier alpha value is -1.10. The number of Topliss-reactive ketones (excluding diaryl/α,β-unsaturated/α-hetero) is 1. The average Bonchev–Trinajstić information content (AvgIpc) is 2.89. The summed E-state index contributed by atoms with van der Waals surface area (Å²) in [7, 11) is 0. The highest BCUT2D eigenvalue weighted by Gasteiger charge is 2.37. The fraction of sp³-hybridized carbons (Fsp3) is 0.882. The molecule has 2 aliphatic heterocycles. The van der Waals surface area contributed by atoms with E-state index in [0.29, 0.717) is 13.1 Å². The zero-order valence-corrected chi connectivity index (χ0v) is 14.4. The molecule has 1 atom stereocenters. The van der Waals surface area contributed by atoms with E-state index in [2.05, 4.69) is 11.8 Å². The van der Waals surface area contributed by atoms with Crippen molar-refractivity contribution in [1.82, 2.24) is 9.80 Å². The fourth-order valence-corrected chi connectivity index (χ4v) is 3.19. The van der Waals surface area contributed by atoms with Crippen molar-refractivity contribution in [2.45, 2.75) is 65.0 Å². The monoisotopic (exact) mass is 310 g/mol. The van der Waals surface area contributed by atoms with Crippen LogP contribution in [0.1, 0.15) is 53.4 Å². The molecule has 0 N–H and O–H groups in total. The van der Waals surface area contributed by atoms with Gasteiger partial charge in [-0.1, -0.05) is 6.92 Å². The van der Waals surface area contributed by atoms with Crippen molar-refractivity contribution >= 4 is 11.9 Å². The van der Waals surface area contributed by atoms with Crippen LogP contribution in [0.5, 0.6) is 0 Å². The molecule has 0 radical (unpaired) electrons. The van der Waals surface area contributed by atoms with Crippen LogP contribution in [0.4, 0.5) is 4.79 Å². The molecule has 0 spiro atoms. The minimum atomic E-state index is -0.518. The van der Waals surface area contributed by atoms with Crippen molar-refractivity contribution in [2.24, 2.45) is 5.92 Å². The Bertz CT molecular complexity index is 409. The molecule has 0 aliphatic carbocycles. The van der Waals surface area contributed by atoms with Gasteiger partial charge in [-0.05, 0) is 65.5 Å². The van der Waals surface area contributed by atoms with Crippen LogP contribution in [0, 0.1) is 5.92 Å². The van der Waals surface area contributed by atoms with E-state index in [9.17, 15) is 9.59 Å². The van der Waals surface area contributed by atoms with Gasteiger partial charge >= 0.3 is 6.09 Å². The molecule has 22 heavy (non-hydrogen) atoms. The molecule has 0 aromatic rings. The van der Waals surface area contributed by atoms with Crippen LogP contribution >= 0.6 is 0 Å². The Morgan fingerprint density at radius 2 is 1.73 bits per heavy atom. The first-order valence-corrected chi connectivity index (χ1v) is 8.51. The number of likely N-dealkylation sites (tertiary alicyclic amines) is 2. The van der Waals surface area contributed by atoms with Gasteiger partial charge in [-0.2, -0.15) is 0 Å². The quantitative estimate of drug-likeness (QED) is 0.804. The molecule has 0 unspecified atom stereocenters. The van der Waals surface area contributed by atoms with Crippen LogP contribution in [0.3, 0.4) is 0 Å². The molecular formula is C17H30N2O3. The number of amides is 1. The summed E-state index contributed by atoms with van der Waals surface area (Å²) in [6.07, 6.45) is 3.62. The summed E-state index contributed by atoms with van der Waals surface area (Å²) in [6.45, 7) is 10.9. The first-order chi connectivity index (χ1) is 10.3. The van der Waals surface area contributed by atoms with E-state index in [1.54, 1.807) is 4.90 Å². The van der Waals surface area contributed by atoms with E-state index < -0.39 is 5.60 Å². The second-order valence-electron chi connectivity index (χ2n) is 7.76. The summed E-state index contributed by atoms with van der Waals surface area (Å²) in [6, 6.07) is -0.297. The van der Waals surface area contributed by atoms with Crippen molar-refractivity contribution < 1.29 is 14.3 Å². The van der Waals surface area contributed by atoms with Crippen LogP contribution < -0.4 is 0 Å². The lowest BCUT2D eigenvalue weighted by Gasteiger charge is -2.32. The van der Waals surface area contributed by atoms with Gasteiger partial charge in [0.15, 0.2) is 5.78 Å². The van der Waals surface area contributed by atoms with Gasteiger partial charge in [-0.3, -0.25) is 14.6 Å². The van der Waals surface area contributed by atoms with E-state index in [1.165, 1.54) is 0 Å². The smallest absolute Gasteiger partial charge is 0.410 e. The first-order valence-electron chi connectivity index (χ1n) is 8.51. The third-order valence-corrected chi connectivity index (χ3v) is 4.51. The highest BCUT2D eigenvalue weighted by atomic mass is 16.6. The van der Waals surface area contributed by atoms with Gasteiger partial charge in [0.05, 0.1) is 12.6 Å². The SMILES string of the molecule is CC1CCN(CC(=O)[C@@H]2CCCN2C(=O)OC(C)(C)C)CC1. The molecule has 0 aromatic heterocycles. The lowest BCUT2D eigenvalue weighted by molar-refractivity contribution is -0.124. The molecular weight excluding hydrogens is 280 g/mol. The number of carbonyl (C=O) groups excluding carboxylic acids is 2. The summed E-state index contributed by atoms with van der Waals surface area (Å²) in [5, 5.41) is 0. The molecule has 0 bridgehead atoms. The molecule has 2 saturated heterocycles. The number of nitrogens with zero attached hydrogens (tertiary/aromatic N) is 2. The van der Waals surface area contributed by atoms with Gasteiger partial charge in [0.25, 0.3) is 0 Å². The van der Waals surface area contributed by atoms with Gasteiger partial charge in [0.1, 0.15) is 5.60 Å². The molecule has 0 saturated carbocycles. The van der Waals surface area contributed by atoms with Crippen LogP contribution in [0.25, 0.3) is 0 Å². The van der Waals surface area contributed by atoms with Crippen LogP contribution in [0.2, 0.25) is 0 Å². The van der Waals surface area contributed by atoms with Crippen molar-refractivity contribution in [2.75, 3.05) is 26.2 Å². The second-order valence-corrected chi connectivity index (χ2v) is 7.76. The summed E-state index contributed by atoms with van der Waals surface area (Å²) >= 11 is 0. The Labute approximate surface area is 134 Å². The lowest BCUT2D eigenvalue weighted by atomic mass is 9.98. The van der Waals surface area contributed by atoms with Crippen LogP contribution in [0.15, 0.2) is 0 Å². The van der Waals surface area contributed by atoms with Gasteiger partial charge in [-0.15, -0.1) is 0 Å². The predicted octanol–water partition coefficient (Wildman–Crippen LogP) is 2.69. The third-order valence-electron chi connectivity index (χ3n) is 4.51. The molecule has 0 aromatic carbocycles. The molecule has 2 fully saturated rings. The summed E-state index contributed by atoms with van der Waals surface area (Å²) < 4.78 is 5.43. The molecule has 1 amide bonds. The minimum Gasteiger partial charge on any atom is -0.444 e. The number of piperidine rings is 1. The number of carbonyl (C=O) groups is 2. The van der Waals surface area contributed by atoms with Crippen LogP contribution in [-0.4, -0.2) is 59.5 Å². The van der Waals surface area contributed by atoms with Crippen molar-refractivity contribution in [1.29, 1.82) is 0 Å². The van der Waals surface area contributed by atoms with Crippen molar-refractivity contribution in [3.8, 4) is 0 Å². The van der Waals surface area contributed by atoms with Crippen molar-refractivity contribution in [3.63, 3.8) is 0 Å². The predicted molar refractivity (Wildman–Crippen MR) is 85.8 cm³/mol. The van der Waals surface area contributed by atoms with Gasteiger partial charge in [0, 0.05) is 6.54 Å². The number of hydrogen-bond acceptors (Lipinski definition) is 4. The topological polar surface area (TPSA) is 49.9 Å². The van der Waals surface area contributed by atoms with E-state index in [-0.39, 0.29) is 17.9 Å². The highest BCUT2D eigenvalue weighted by Crippen LogP contribution is 2.23. The summed E-state index contributed by atoms with van der Waals surface area (Å²) in [5.41, 5.74) is -0.518. The number of rotatable bonds is 3. The zero-order chi connectivity index (χ0) is 16.3. The maximum atomic E-state index is 12.6. The Morgan fingerprint density at radius 3 is 2.32 bits per heavy atom. The van der Waals surface area contributed by atoms with E-state index >= 15 is 0 Å². The first kappa shape index (κ1) is 17.3. The summed E-state index contributed by atoms with van der Waals surface area (Å²) in [4.78, 5) is 28.7. The van der Waals surface area contributed by atoms with Crippen LogP contribution in [-0.2, 0) is 9.53 Å².